The number of Topliss-reactive ketones (excluding diaryl/α,β-unsaturated/α-hetero) is 2. The van der Waals surface area contributed by atoms with Crippen LogP contribution in [0.15, 0.2) is 0 Å². The molecule has 0 aliphatic heterocycles. The van der Waals surface area contributed by atoms with Gasteiger partial charge in [-0.2, -0.15) is 0 Å². The van der Waals surface area contributed by atoms with Crippen LogP contribution in [0.1, 0.15) is 19.8 Å². The van der Waals surface area contributed by atoms with Crippen LogP contribution in [0.2, 0.25) is 0 Å². The number of hydrogen-bond donors (Lipinski definition) is 1. The van der Waals surface area contributed by atoms with Crippen molar-refractivity contribution in [3.8, 4) is 0 Å². The molecule has 0 spiro atoms. The fourth-order valence-electron chi connectivity index (χ4n) is 0.396. The van der Waals surface area contributed by atoms with E-state index in [1.807, 2.05) is 0 Å². The second-order valence-corrected chi connectivity index (χ2v) is 1.93. The highest BCUT2D eigenvalue weighted by Crippen LogP contribution is 1.91. The lowest BCUT2D eigenvalue weighted by Gasteiger charge is -1.89. The Bertz CT molecular complexity index is 171. The lowest BCUT2D eigenvalue weighted by atomic mass is 10.2. The van der Waals surface area contributed by atoms with Crippen LogP contribution in [-0.2, 0) is 14.4 Å². The molecule has 0 rings (SSSR count). The summed E-state index contributed by atoms with van der Waals surface area (Å²) in [5.74, 6) is -2.55. The minimum Gasteiger partial charge on any atom is -0.476 e. The van der Waals surface area contributed by atoms with E-state index in [9.17, 15) is 14.4 Å². The molecular weight excluding hydrogens is 136 g/mol. The van der Waals surface area contributed by atoms with E-state index in [-0.39, 0.29) is 18.6 Å². The van der Waals surface area contributed by atoms with E-state index in [0.717, 1.165) is 0 Å². The van der Waals surface area contributed by atoms with Crippen molar-refractivity contribution >= 4 is 17.5 Å². The van der Waals surface area contributed by atoms with Gasteiger partial charge in [-0.1, -0.05) is 0 Å². The Morgan fingerprint density at radius 1 is 1.20 bits per heavy atom. The Kier molecular flexibility index (Phi) is 3.32. The predicted octanol–water partition coefficient (Wildman–Crippen LogP) is 0.00930. The van der Waals surface area contributed by atoms with Crippen LogP contribution in [0.25, 0.3) is 0 Å². The molecule has 0 saturated heterocycles. The van der Waals surface area contributed by atoms with E-state index < -0.39 is 11.8 Å². The fourth-order valence-corrected chi connectivity index (χ4v) is 0.396. The summed E-state index contributed by atoms with van der Waals surface area (Å²) in [5.41, 5.74) is 0. The molecule has 0 heterocycles. The van der Waals surface area contributed by atoms with Gasteiger partial charge in [-0.15, -0.1) is 0 Å². The lowest BCUT2D eigenvalue weighted by molar-refractivity contribution is -0.149. The zero-order chi connectivity index (χ0) is 8.15. The average Bonchev–Trinajstić information content (AvgIpc) is 1.82. The molecule has 0 atom stereocenters. The highest BCUT2D eigenvalue weighted by atomic mass is 16.4. The maximum absolute atomic E-state index is 10.3. The van der Waals surface area contributed by atoms with Gasteiger partial charge < -0.3 is 9.90 Å². The van der Waals surface area contributed by atoms with Crippen LogP contribution in [0.3, 0.4) is 0 Å². The van der Waals surface area contributed by atoms with Gasteiger partial charge in [0, 0.05) is 12.8 Å². The summed E-state index contributed by atoms with van der Waals surface area (Å²) in [6.45, 7) is 1.31. The van der Waals surface area contributed by atoms with Gasteiger partial charge in [0.25, 0.3) is 0 Å². The number of hydrogen-bond acceptors (Lipinski definition) is 3. The van der Waals surface area contributed by atoms with Crippen molar-refractivity contribution in [3.05, 3.63) is 0 Å². The van der Waals surface area contributed by atoms with Gasteiger partial charge in [0.15, 0.2) is 0 Å². The molecule has 0 aliphatic rings. The third-order valence-corrected chi connectivity index (χ3v) is 0.943. The number of aliphatic carboxylic acids is 1. The van der Waals surface area contributed by atoms with Gasteiger partial charge in [-0.3, -0.25) is 4.79 Å². The molecule has 0 aromatic rings. The Morgan fingerprint density at radius 2 is 1.70 bits per heavy atom. The van der Waals surface area contributed by atoms with E-state index in [0.29, 0.717) is 0 Å². The standard InChI is InChI=1S/C6H8O4/c1-4(7)2-3-5(8)6(9)10/h2-3H2,1H3,(H,9,10). The molecular formula is C6H8O4. The van der Waals surface area contributed by atoms with Crippen molar-refractivity contribution < 1.29 is 19.5 Å². The number of carboxylic acid groups (broad SMARTS) is 1. The minimum absolute atomic E-state index is 0.0190. The molecule has 10 heavy (non-hydrogen) atoms. The first-order chi connectivity index (χ1) is 4.54. The third-order valence-electron chi connectivity index (χ3n) is 0.943. The summed E-state index contributed by atoms with van der Waals surface area (Å²) in [4.78, 5) is 30.4. The zero-order valence-electron chi connectivity index (χ0n) is 5.59. The first kappa shape index (κ1) is 8.81. The summed E-state index contributed by atoms with van der Waals surface area (Å²) in [6, 6.07) is 0. The van der Waals surface area contributed by atoms with Crippen LogP contribution in [0, 0.1) is 0 Å². The Balaban J connectivity index is 3.60. The van der Waals surface area contributed by atoms with Crippen LogP contribution >= 0.6 is 0 Å². The quantitative estimate of drug-likeness (QED) is 0.564. The maximum Gasteiger partial charge on any atom is 0.372 e. The zero-order valence-corrected chi connectivity index (χ0v) is 5.59. The summed E-state index contributed by atoms with van der Waals surface area (Å²) in [5, 5.41) is 8.03. The van der Waals surface area contributed by atoms with Crippen molar-refractivity contribution in [3.63, 3.8) is 0 Å². The molecule has 4 heteroatoms. The molecule has 0 saturated carbocycles. The van der Waals surface area contributed by atoms with Gasteiger partial charge in [0.05, 0.1) is 0 Å². The molecule has 0 bridgehead atoms. The van der Waals surface area contributed by atoms with Crippen LogP contribution in [0.4, 0.5) is 0 Å². The Hall–Kier alpha value is -1.19. The number of carboxylic acids is 1. The van der Waals surface area contributed by atoms with Crippen molar-refractivity contribution in [1.29, 1.82) is 0 Å². The first-order valence-corrected chi connectivity index (χ1v) is 2.79. The Labute approximate surface area is 57.8 Å². The molecule has 0 aromatic heterocycles. The molecule has 0 fully saturated rings. The predicted molar refractivity (Wildman–Crippen MR) is 32.6 cm³/mol. The molecule has 0 amide bonds. The van der Waals surface area contributed by atoms with Gasteiger partial charge in [0.1, 0.15) is 5.78 Å². The molecule has 0 aromatic carbocycles. The number of rotatable bonds is 4. The largest absolute Gasteiger partial charge is 0.476 e. The van der Waals surface area contributed by atoms with E-state index in [1.54, 1.807) is 0 Å². The van der Waals surface area contributed by atoms with Crippen molar-refractivity contribution in [2.24, 2.45) is 0 Å². The summed E-state index contributed by atoms with van der Waals surface area (Å²) >= 11 is 0. The molecule has 0 radical (unpaired) electrons. The van der Waals surface area contributed by atoms with E-state index >= 15 is 0 Å². The SMILES string of the molecule is CC(=O)CCC(=O)C(=O)O. The minimum atomic E-state index is -1.47. The highest BCUT2D eigenvalue weighted by Gasteiger charge is 2.10. The van der Waals surface area contributed by atoms with E-state index in [1.165, 1.54) is 6.92 Å². The van der Waals surface area contributed by atoms with Crippen molar-refractivity contribution in [2.45, 2.75) is 19.8 Å². The smallest absolute Gasteiger partial charge is 0.372 e. The highest BCUT2D eigenvalue weighted by molar-refractivity contribution is 6.32. The molecule has 56 valence electrons. The topological polar surface area (TPSA) is 71.4 Å². The molecule has 0 aliphatic carbocycles. The summed E-state index contributed by atoms with van der Waals surface area (Å²) in [6.07, 6.45) is -0.171. The second kappa shape index (κ2) is 3.76. The molecule has 1 N–H and O–H groups in total. The van der Waals surface area contributed by atoms with E-state index in [2.05, 4.69) is 0 Å². The van der Waals surface area contributed by atoms with Gasteiger partial charge >= 0.3 is 5.97 Å². The summed E-state index contributed by atoms with van der Waals surface area (Å²) in [7, 11) is 0. The lowest BCUT2D eigenvalue weighted by Crippen LogP contribution is -2.12. The first-order valence-electron chi connectivity index (χ1n) is 2.79. The monoisotopic (exact) mass is 144 g/mol. The fraction of sp³-hybridized carbons (Fsp3) is 0.500. The van der Waals surface area contributed by atoms with Gasteiger partial charge in [-0.25, -0.2) is 4.79 Å². The maximum atomic E-state index is 10.3. The number of carbonyl (C=O) groups is 3. The van der Waals surface area contributed by atoms with Gasteiger partial charge in [-0.05, 0) is 6.92 Å². The molecule has 0 unspecified atom stereocenters. The Morgan fingerprint density at radius 3 is 2.00 bits per heavy atom. The van der Waals surface area contributed by atoms with Crippen molar-refractivity contribution in [1.82, 2.24) is 0 Å². The average molecular weight is 144 g/mol. The number of ketones is 2. The van der Waals surface area contributed by atoms with Gasteiger partial charge in [0.2, 0.25) is 5.78 Å². The second-order valence-electron chi connectivity index (χ2n) is 1.93. The normalized spacial score (nSPS) is 8.90. The summed E-state index contributed by atoms with van der Waals surface area (Å²) < 4.78 is 0. The van der Waals surface area contributed by atoms with Crippen LogP contribution in [-0.4, -0.2) is 22.6 Å². The third kappa shape index (κ3) is 3.77. The van der Waals surface area contributed by atoms with Crippen LogP contribution < -0.4 is 0 Å². The van der Waals surface area contributed by atoms with E-state index in [4.69, 9.17) is 5.11 Å². The van der Waals surface area contributed by atoms with Crippen LogP contribution in [0.5, 0.6) is 0 Å². The van der Waals surface area contributed by atoms with Crippen molar-refractivity contribution in [2.75, 3.05) is 0 Å². The number of carbonyl (C=O) groups excluding carboxylic acids is 2. The molecule has 4 nitrogen and oxygen atoms in total.